The average molecular weight is 411 g/mol. The van der Waals surface area contributed by atoms with Crippen LogP contribution in [0.4, 0.5) is 0 Å². The smallest absolute Gasteiger partial charge is 0.174 e. The van der Waals surface area contributed by atoms with E-state index in [4.69, 9.17) is 9.47 Å². The highest BCUT2D eigenvalue weighted by atomic mass is 127. The predicted octanol–water partition coefficient (Wildman–Crippen LogP) is 4.38. The molecular formula is C18H22INO2. The van der Waals surface area contributed by atoms with Crippen LogP contribution in [-0.4, -0.2) is 13.2 Å². The lowest BCUT2D eigenvalue weighted by atomic mass is 10.2. The number of methoxy groups -OCH3 is 1. The van der Waals surface area contributed by atoms with Gasteiger partial charge in [-0.3, -0.25) is 0 Å². The number of benzene rings is 2. The molecule has 1 N–H and O–H groups in total. The van der Waals surface area contributed by atoms with Gasteiger partial charge in [0.2, 0.25) is 0 Å². The minimum absolute atomic E-state index is 0.456. The summed E-state index contributed by atoms with van der Waals surface area (Å²) >= 11 is 2.30. The molecule has 0 heterocycles. The van der Waals surface area contributed by atoms with Crippen molar-refractivity contribution in [2.24, 2.45) is 0 Å². The molecular weight excluding hydrogens is 389 g/mol. The first-order chi connectivity index (χ1) is 10.6. The molecule has 0 radical (unpaired) electrons. The molecule has 0 aliphatic carbocycles. The normalized spacial score (nSPS) is 10.8. The number of nitrogens with one attached hydrogen (secondary N) is 1. The van der Waals surface area contributed by atoms with Crippen molar-refractivity contribution in [2.45, 2.75) is 33.0 Å². The van der Waals surface area contributed by atoms with Crippen LogP contribution in [0.25, 0.3) is 0 Å². The molecule has 2 aromatic carbocycles. The minimum Gasteiger partial charge on any atom is -0.493 e. The molecule has 0 unspecified atom stereocenters. The summed E-state index contributed by atoms with van der Waals surface area (Å²) < 4.78 is 12.5. The highest BCUT2D eigenvalue weighted by molar-refractivity contribution is 14.1. The molecule has 4 heteroatoms. The molecule has 0 saturated carbocycles. The van der Waals surface area contributed by atoms with Crippen molar-refractivity contribution in [3.05, 3.63) is 57.2 Å². The van der Waals surface area contributed by atoms with Crippen molar-refractivity contribution >= 4 is 22.6 Å². The van der Waals surface area contributed by atoms with Gasteiger partial charge in [0.1, 0.15) is 6.61 Å². The Morgan fingerprint density at radius 3 is 2.45 bits per heavy atom. The number of halogens is 1. The molecule has 0 spiro atoms. The van der Waals surface area contributed by atoms with E-state index in [1.165, 1.54) is 5.56 Å². The minimum atomic E-state index is 0.456. The van der Waals surface area contributed by atoms with Crippen molar-refractivity contribution in [1.29, 1.82) is 0 Å². The molecule has 2 aromatic rings. The lowest BCUT2D eigenvalue weighted by Crippen LogP contribution is -2.21. The van der Waals surface area contributed by atoms with Gasteiger partial charge < -0.3 is 14.8 Å². The van der Waals surface area contributed by atoms with E-state index in [0.717, 1.165) is 27.2 Å². The summed E-state index contributed by atoms with van der Waals surface area (Å²) in [4.78, 5) is 0. The Labute approximate surface area is 146 Å². The fraction of sp³-hybridized carbons (Fsp3) is 0.333. The van der Waals surface area contributed by atoms with Gasteiger partial charge in [0.15, 0.2) is 11.5 Å². The number of ether oxygens (including phenoxy) is 2. The van der Waals surface area contributed by atoms with Crippen LogP contribution < -0.4 is 14.8 Å². The van der Waals surface area contributed by atoms with Crippen LogP contribution in [0.5, 0.6) is 11.5 Å². The summed E-state index contributed by atoms with van der Waals surface area (Å²) in [6.07, 6.45) is 0. The fourth-order valence-electron chi connectivity index (χ4n) is 2.07. The highest BCUT2D eigenvalue weighted by Gasteiger charge is 2.12. The molecule has 0 aliphatic rings. The first kappa shape index (κ1) is 17.1. The molecule has 0 saturated heterocycles. The molecule has 0 amide bonds. The molecule has 0 aliphatic heterocycles. The van der Waals surface area contributed by atoms with E-state index in [1.807, 2.05) is 24.3 Å². The molecule has 0 atom stereocenters. The first-order valence-corrected chi connectivity index (χ1v) is 8.44. The van der Waals surface area contributed by atoms with Crippen molar-refractivity contribution in [2.75, 3.05) is 7.11 Å². The Balaban J connectivity index is 2.13. The maximum absolute atomic E-state index is 5.97. The van der Waals surface area contributed by atoms with Gasteiger partial charge in [0.25, 0.3) is 0 Å². The van der Waals surface area contributed by atoms with Gasteiger partial charge in [-0.1, -0.05) is 44.2 Å². The van der Waals surface area contributed by atoms with Crippen LogP contribution in [0.3, 0.4) is 0 Å². The van der Waals surface area contributed by atoms with Crippen LogP contribution in [-0.2, 0) is 13.2 Å². The van der Waals surface area contributed by atoms with Crippen LogP contribution in [0.15, 0.2) is 42.5 Å². The van der Waals surface area contributed by atoms with E-state index >= 15 is 0 Å². The van der Waals surface area contributed by atoms with Gasteiger partial charge in [-0.15, -0.1) is 0 Å². The van der Waals surface area contributed by atoms with Crippen LogP contribution >= 0.6 is 22.6 Å². The summed E-state index contributed by atoms with van der Waals surface area (Å²) in [5.41, 5.74) is 2.34. The van der Waals surface area contributed by atoms with Gasteiger partial charge >= 0.3 is 0 Å². The first-order valence-electron chi connectivity index (χ1n) is 7.36. The second kappa shape index (κ2) is 8.39. The quantitative estimate of drug-likeness (QED) is 0.687. The third kappa shape index (κ3) is 4.88. The van der Waals surface area contributed by atoms with Crippen LogP contribution in [0, 0.1) is 3.57 Å². The van der Waals surface area contributed by atoms with Crippen molar-refractivity contribution in [3.8, 4) is 11.5 Å². The summed E-state index contributed by atoms with van der Waals surface area (Å²) in [7, 11) is 1.68. The summed E-state index contributed by atoms with van der Waals surface area (Å²) in [5.74, 6) is 1.59. The Morgan fingerprint density at radius 1 is 1.09 bits per heavy atom. The molecule has 3 nitrogen and oxygen atoms in total. The Hall–Kier alpha value is -1.27. The van der Waals surface area contributed by atoms with Gasteiger partial charge in [-0.2, -0.15) is 0 Å². The Bertz CT molecular complexity index is 600. The average Bonchev–Trinajstić information content (AvgIpc) is 2.52. The Morgan fingerprint density at radius 2 is 1.82 bits per heavy atom. The maximum atomic E-state index is 5.97. The third-order valence-electron chi connectivity index (χ3n) is 3.23. The van der Waals surface area contributed by atoms with Crippen molar-refractivity contribution in [1.82, 2.24) is 5.32 Å². The molecule has 2 rings (SSSR count). The van der Waals surface area contributed by atoms with E-state index in [-0.39, 0.29) is 0 Å². The highest BCUT2D eigenvalue weighted by Crippen LogP contribution is 2.34. The molecule has 22 heavy (non-hydrogen) atoms. The van der Waals surface area contributed by atoms with Crippen LogP contribution in [0.1, 0.15) is 25.0 Å². The lowest BCUT2D eigenvalue weighted by Gasteiger charge is -2.15. The second-order valence-corrected chi connectivity index (χ2v) is 6.58. The zero-order chi connectivity index (χ0) is 15.9. The monoisotopic (exact) mass is 411 g/mol. The number of rotatable bonds is 7. The Kier molecular flexibility index (Phi) is 6.51. The zero-order valence-corrected chi connectivity index (χ0v) is 15.4. The van der Waals surface area contributed by atoms with Crippen LogP contribution in [0.2, 0.25) is 0 Å². The SMILES string of the molecule is COc1cc(CNC(C)C)cc(I)c1OCc1ccccc1. The predicted molar refractivity (Wildman–Crippen MR) is 98.5 cm³/mol. The fourth-order valence-corrected chi connectivity index (χ4v) is 2.89. The molecule has 0 bridgehead atoms. The van der Waals surface area contributed by atoms with E-state index < -0.39 is 0 Å². The summed E-state index contributed by atoms with van der Waals surface area (Å²) in [6, 6.07) is 14.8. The van der Waals surface area contributed by atoms with Crippen molar-refractivity contribution < 1.29 is 9.47 Å². The van der Waals surface area contributed by atoms with E-state index in [0.29, 0.717) is 12.6 Å². The van der Waals surface area contributed by atoms with E-state index in [2.05, 4.69) is 60.0 Å². The second-order valence-electron chi connectivity index (χ2n) is 5.42. The summed E-state index contributed by atoms with van der Waals surface area (Å²) in [5, 5.41) is 3.42. The maximum Gasteiger partial charge on any atom is 0.174 e. The summed E-state index contributed by atoms with van der Waals surface area (Å²) in [6.45, 7) is 5.64. The number of hydrogen-bond acceptors (Lipinski definition) is 3. The largest absolute Gasteiger partial charge is 0.493 e. The topological polar surface area (TPSA) is 30.5 Å². The lowest BCUT2D eigenvalue weighted by molar-refractivity contribution is 0.282. The zero-order valence-electron chi connectivity index (χ0n) is 13.2. The van der Waals surface area contributed by atoms with Gasteiger partial charge in [-0.05, 0) is 45.9 Å². The molecule has 118 valence electrons. The van der Waals surface area contributed by atoms with E-state index in [9.17, 15) is 0 Å². The standard InChI is InChI=1S/C18H22INO2/c1-13(2)20-11-15-9-16(19)18(17(10-15)21-3)22-12-14-7-5-4-6-8-14/h4-10,13,20H,11-12H2,1-3H3. The van der Waals surface area contributed by atoms with Gasteiger partial charge in [-0.25, -0.2) is 0 Å². The van der Waals surface area contributed by atoms with Gasteiger partial charge in [0, 0.05) is 12.6 Å². The molecule has 0 fully saturated rings. The van der Waals surface area contributed by atoms with Gasteiger partial charge in [0.05, 0.1) is 10.7 Å². The van der Waals surface area contributed by atoms with E-state index in [1.54, 1.807) is 7.11 Å². The number of hydrogen-bond donors (Lipinski definition) is 1. The van der Waals surface area contributed by atoms with Crippen molar-refractivity contribution in [3.63, 3.8) is 0 Å². The molecule has 0 aromatic heterocycles. The third-order valence-corrected chi connectivity index (χ3v) is 4.03.